The predicted molar refractivity (Wildman–Crippen MR) is 95.4 cm³/mol. The highest BCUT2D eigenvalue weighted by molar-refractivity contribution is 5.97. The van der Waals surface area contributed by atoms with Crippen LogP contribution < -0.4 is 10.6 Å². The van der Waals surface area contributed by atoms with Gasteiger partial charge in [-0.2, -0.15) is 0 Å². The first-order valence-corrected chi connectivity index (χ1v) is 10.3. The first kappa shape index (κ1) is 17.9. The van der Waals surface area contributed by atoms with Crippen molar-refractivity contribution in [2.24, 2.45) is 17.8 Å². The Hall–Kier alpha value is -0.900. The van der Waals surface area contributed by atoms with Gasteiger partial charge >= 0.3 is 0 Å². The molecule has 1 saturated heterocycles. The highest BCUT2D eigenvalue weighted by atomic mass is 16.2. The van der Waals surface area contributed by atoms with E-state index in [0.717, 1.165) is 19.4 Å². The summed E-state index contributed by atoms with van der Waals surface area (Å²) in [5, 5.41) is 5.87. The van der Waals surface area contributed by atoms with Gasteiger partial charge in [-0.1, -0.05) is 64.2 Å². The zero-order chi connectivity index (χ0) is 16.8. The minimum atomic E-state index is -0.156. The van der Waals surface area contributed by atoms with Crippen molar-refractivity contribution in [1.82, 2.24) is 10.6 Å². The lowest BCUT2D eigenvalue weighted by atomic mass is 9.68. The summed E-state index contributed by atoms with van der Waals surface area (Å²) < 4.78 is 0. The van der Waals surface area contributed by atoms with Crippen LogP contribution in [0.3, 0.4) is 0 Å². The van der Waals surface area contributed by atoms with Crippen LogP contribution in [-0.2, 0) is 9.59 Å². The van der Waals surface area contributed by atoms with Gasteiger partial charge in [0.1, 0.15) is 0 Å². The van der Waals surface area contributed by atoms with Gasteiger partial charge in [-0.05, 0) is 37.1 Å². The largest absolute Gasteiger partial charge is 0.306 e. The van der Waals surface area contributed by atoms with Gasteiger partial charge in [-0.15, -0.1) is 0 Å². The van der Waals surface area contributed by atoms with Crippen LogP contribution in [0.5, 0.6) is 0 Å². The average molecular weight is 335 g/mol. The maximum atomic E-state index is 12.5. The lowest BCUT2D eigenvalue weighted by Gasteiger charge is -2.37. The van der Waals surface area contributed by atoms with Crippen molar-refractivity contribution >= 4 is 11.8 Å². The fraction of sp³-hybridized carbons (Fsp3) is 0.900. The minimum absolute atomic E-state index is 0.0325. The predicted octanol–water partition coefficient (Wildman–Crippen LogP) is 3.55. The molecule has 0 bridgehead atoms. The molecule has 1 heterocycles. The van der Waals surface area contributed by atoms with E-state index in [1.165, 1.54) is 64.2 Å². The van der Waals surface area contributed by atoms with Crippen molar-refractivity contribution in [3.63, 3.8) is 0 Å². The fourth-order valence-corrected chi connectivity index (χ4v) is 5.24. The van der Waals surface area contributed by atoms with Gasteiger partial charge in [0.15, 0.2) is 0 Å². The monoisotopic (exact) mass is 334 g/mol. The van der Waals surface area contributed by atoms with E-state index in [9.17, 15) is 9.59 Å². The molecule has 0 spiro atoms. The summed E-state index contributed by atoms with van der Waals surface area (Å²) in [6, 6.07) is -0.156. The standard InChI is InChI=1S/C20H34N2O2/c23-19(22-20(24)18-12-7-13-21-18)14-17(15-8-3-1-4-9-15)16-10-5-2-6-11-16/h15-18,21H,1-14H2,(H,22,23,24)/t18-/m0/s1. The van der Waals surface area contributed by atoms with Crippen LogP contribution in [0.2, 0.25) is 0 Å². The molecule has 1 atom stereocenters. The number of hydrogen-bond donors (Lipinski definition) is 2. The number of carbonyl (C=O) groups excluding carboxylic acids is 2. The van der Waals surface area contributed by atoms with Gasteiger partial charge in [0.2, 0.25) is 11.8 Å². The van der Waals surface area contributed by atoms with Crippen molar-refractivity contribution in [2.75, 3.05) is 6.54 Å². The Bertz CT molecular complexity index is 401. The van der Waals surface area contributed by atoms with Crippen LogP contribution in [0.15, 0.2) is 0 Å². The summed E-state index contributed by atoms with van der Waals surface area (Å²) in [5.74, 6) is 1.76. The normalized spacial score (nSPS) is 26.6. The van der Waals surface area contributed by atoms with Gasteiger partial charge < -0.3 is 5.32 Å². The molecule has 0 aromatic rings. The van der Waals surface area contributed by atoms with E-state index in [0.29, 0.717) is 24.2 Å². The van der Waals surface area contributed by atoms with Gasteiger partial charge in [0.25, 0.3) is 0 Å². The van der Waals surface area contributed by atoms with Crippen LogP contribution >= 0.6 is 0 Å². The SMILES string of the molecule is O=C(CC(C1CCCCC1)C1CCCCC1)NC(=O)[C@@H]1CCCN1. The van der Waals surface area contributed by atoms with Crippen molar-refractivity contribution in [2.45, 2.75) is 89.5 Å². The summed E-state index contributed by atoms with van der Waals surface area (Å²) >= 11 is 0. The number of rotatable bonds is 5. The molecular weight excluding hydrogens is 300 g/mol. The van der Waals surface area contributed by atoms with Crippen LogP contribution in [0.1, 0.15) is 83.5 Å². The quantitative estimate of drug-likeness (QED) is 0.808. The molecular formula is C20H34N2O2. The molecule has 0 radical (unpaired) electrons. The molecule has 3 aliphatic rings. The van der Waals surface area contributed by atoms with E-state index in [4.69, 9.17) is 0 Å². The first-order chi connectivity index (χ1) is 11.7. The molecule has 0 aromatic carbocycles. The van der Waals surface area contributed by atoms with Crippen LogP contribution in [0.25, 0.3) is 0 Å². The zero-order valence-corrected chi connectivity index (χ0v) is 15.0. The van der Waals surface area contributed by atoms with E-state index in [-0.39, 0.29) is 17.9 Å². The summed E-state index contributed by atoms with van der Waals surface area (Å²) in [6.45, 7) is 0.888. The van der Waals surface area contributed by atoms with Crippen LogP contribution in [0, 0.1) is 17.8 Å². The molecule has 0 unspecified atom stereocenters. The van der Waals surface area contributed by atoms with Crippen LogP contribution in [0.4, 0.5) is 0 Å². The average Bonchev–Trinajstić information content (AvgIpc) is 3.16. The second-order valence-corrected chi connectivity index (χ2v) is 8.23. The molecule has 0 aromatic heterocycles. The zero-order valence-electron chi connectivity index (χ0n) is 15.0. The molecule has 2 aliphatic carbocycles. The Morgan fingerprint density at radius 2 is 1.42 bits per heavy atom. The van der Waals surface area contributed by atoms with Gasteiger partial charge in [0, 0.05) is 6.42 Å². The second-order valence-electron chi connectivity index (χ2n) is 8.23. The Balaban J connectivity index is 1.57. The molecule has 24 heavy (non-hydrogen) atoms. The maximum Gasteiger partial charge on any atom is 0.243 e. The molecule has 3 fully saturated rings. The van der Waals surface area contributed by atoms with E-state index in [1.807, 2.05) is 0 Å². The summed E-state index contributed by atoms with van der Waals surface area (Å²) in [7, 11) is 0. The maximum absolute atomic E-state index is 12.5. The smallest absolute Gasteiger partial charge is 0.243 e. The van der Waals surface area contributed by atoms with Crippen LogP contribution in [-0.4, -0.2) is 24.4 Å². The Morgan fingerprint density at radius 1 is 0.833 bits per heavy atom. The first-order valence-electron chi connectivity index (χ1n) is 10.3. The minimum Gasteiger partial charge on any atom is -0.306 e. The van der Waals surface area contributed by atoms with Crippen molar-refractivity contribution < 1.29 is 9.59 Å². The molecule has 2 saturated carbocycles. The summed E-state index contributed by atoms with van der Waals surface area (Å²) in [4.78, 5) is 24.7. The topological polar surface area (TPSA) is 58.2 Å². The molecule has 2 amide bonds. The van der Waals surface area contributed by atoms with E-state index >= 15 is 0 Å². The van der Waals surface area contributed by atoms with E-state index in [2.05, 4.69) is 10.6 Å². The lowest BCUT2D eigenvalue weighted by molar-refractivity contribution is -0.132. The molecule has 1 aliphatic heterocycles. The molecule has 2 N–H and O–H groups in total. The Kier molecular flexibility index (Phi) is 6.70. The highest BCUT2D eigenvalue weighted by Gasteiger charge is 2.33. The van der Waals surface area contributed by atoms with E-state index in [1.54, 1.807) is 0 Å². The molecule has 3 rings (SSSR count). The number of nitrogens with one attached hydrogen (secondary N) is 2. The third kappa shape index (κ3) is 4.81. The van der Waals surface area contributed by atoms with E-state index < -0.39 is 0 Å². The van der Waals surface area contributed by atoms with Gasteiger partial charge in [0.05, 0.1) is 6.04 Å². The molecule has 4 nitrogen and oxygen atoms in total. The Labute approximate surface area is 146 Å². The van der Waals surface area contributed by atoms with Crippen molar-refractivity contribution in [3.8, 4) is 0 Å². The molecule has 136 valence electrons. The van der Waals surface area contributed by atoms with Gasteiger partial charge in [-0.3, -0.25) is 14.9 Å². The third-order valence-corrected chi connectivity index (χ3v) is 6.57. The summed E-state index contributed by atoms with van der Waals surface area (Å²) in [6.07, 6.45) is 15.6. The number of imide groups is 1. The summed E-state index contributed by atoms with van der Waals surface area (Å²) in [5.41, 5.74) is 0. The number of hydrogen-bond acceptors (Lipinski definition) is 3. The van der Waals surface area contributed by atoms with Gasteiger partial charge in [-0.25, -0.2) is 0 Å². The molecule has 4 heteroatoms. The van der Waals surface area contributed by atoms with Crippen molar-refractivity contribution in [1.29, 1.82) is 0 Å². The lowest BCUT2D eigenvalue weighted by Crippen LogP contribution is -2.44. The fourth-order valence-electron chi connectivity index (χ4n) is 5.24. The third-order valence-electron chi connectivity index (χ3n) is 6.57. The number of amides is 2. The second kappa shape index (κ2) is 8.98. The highest BCUT2D eigenvalue weighted by Crippen LogP contribution is 2.41. The number of carbonyl (C=O) groups is 2. The Morgan fingerprint density at radius 3 is 1.92 bits per heavy atom. The van der Waals surface area contributed by atoms with Crippen molar-refractivity contribution in [3.05, 3.63) is 0 Å².